The molecule has 0 spiro atoms. The zero-order chi connectivity index (χ0) is 17.6. The first-order valence-electron chi connectivity index (χ1n) is 8.53. The zero-order valence-electron chi connectivity index (χ0n) is 14.5. The first-order valence-corrected chi connectivity index (χ1v) is 8.91. The quantitative estimate of drug-likeness (QED) is 0.804. The third-order valence-electron chi connectivity index (χ3n) is 4.77. The Kier molecular flexibility index (Phi) is 6.53. The van der Waals surface area contributed by atoms with Gasteiger partial charge in [0.1, 0.15) is 5.54 Å². The molecule has 0 aromatic heterocycles. The van der Waals surface area contributed by atoms with Crippen molar-refractivity contribution in [1.82, 2.24) is 10.2 Å². The predicted molar refractivity (Wildman–Crippen MR) is 100 cm³/mol. The molecule has 24 heavy (non-hydrogen) atoms. The monoisotopic (exact) mass is 347 g/mol. The number of nitrogens with zero attached hydrogens (tertiary/aromatic N) is 2. The number of rotatable bonds is 6. The molecule has 1 saturated heterocycles. The highest BCUT2D eigenvalue weighted by Gasteiger charge is 2.27. The minimum atomic E-state index is -0.514. The minimum absolute atomic E-state index is 0.00727. The van der Waals surface area contributed by atoms with E-state index in [1.54, 1.807) is 0 Å². The number of halogens is 1. The fraction of sp³-hybridized carbons (Fsp3) is 0.526. The van der Waals surface area contributed by atoms with Gasteiger partial charge in [-0.25, -0.2) is 0 Å². The molecule has 1 heterocycles. The second-order valence-corrected chi connectivity index (χ2v) is 6.66. The lowest BCUT2D eigenvalue weighted by Gasteiger charge is -2.36. The highest BCUT2D eigenvalue weighted by atomic mass is 35.5. The van der Waals surface area contributed by atoms with E-state index in [1.165, 1.54) is 0 Å². The van der Waals surface area contributed by atoms with Gasteiger partial charge < -0.3 is 10.2 Å². The van der Waals surface area contributed by atoms with Gasteiger partial charge in [-0.2, -0.15) is 0 Å². The minimum Gasteiger partial charge on any atom is -0.369 e. The molecule has 130 valence electrons. The van der Waals surface area contributed by atoms with Gasteiger partial charge in [-0.3, -0.25) is 9.69 Å². The standard InChI is InChI=1S/C19H26ClN3O/c1-4-19(5-2,6-3)21-18(24)15-22-10-12-23(13-11-22)17-9-7-8-16(20)14-17/h1,7-9,14H,5-6,10-13,15H2,2-3H3,(H,21,24). The topological polar surface area (TPSA) is 35.6 Å². The lowest BCUT2D eigenvalue weighted by molar-refractivity contribution is -0.123. The van der Waals surface area contributed by atoms with Gasteiger partial charge in [0, 0.05) is 36.9 Å². The van der Waals surface area contributed by atoms with Crippen molar-refractivity contribution in [2.45, 2.75) is 32.2 Å². The van der Waals surface area contributed by atoms with Gasteiger partial charge >= 0.3 is 0 Å². The van der Waals surface area contributed by atoms with Crippen molar-refractivity contribution in [1.29, 1.82) is 0 Å². The van der Waals surface area contributed by atoms with E-state index < -0.39 is 5.54 Å². The number of piperazine rings is 1. The Morgan fingerprint density at radius 1 is 1.29 bits per heavy atom. The number of amides is 1. The summed E-state index contributed by atoms with van der Waals surface area (Å²) in [6.45, 7) is 7.88. The summed E-state index contributed by atoms with van der Waals surface area (Å²) in [5.74, 6) is 2.75. The maximum Gasteiger partial charge on any atom is 0.235 e. The smallest absolute Gasteiger partial charge is 0.235 e. The van der Waals surface area contributed by atoms with Crippen molar-refractivity contribution in [3.8, 4) is 12.3 Å². The Morgan fingerprint density at radius 3 is 2.50 bits per heavy atom. The zero-order valence-corrected chi connectivity index (χ0v) is 15.3. The van der Waals surface area contributed by atoms with Crippen LogP contribution in [0.1, 0.15) is 26.7 Å². The molecule has 1 aromatic carbocycles. The molecule has 0 aliphatic carbocycles. The highest BCUT2D eigenvalue weighted by Crippen LogP contribution is 2.20. The van der Waals surface area contributed by atoms with Crippen LogP contribution < -0.4 is 10.2 Å². The van der Waals surface area contributed by atoms with Crippen molar-refractivity contribution < 1.29 is 4.79 Å². The summed E-state index contributed by atoms with van der Waals surface area (Å²) in [5, 5.41) is 3.78. The molecule has 4 nitrogen and oxygen atoms in total. The van der Waals surface area contributed by atoms with Gasteiger partial charge in [0.25, 0.3) is 0 Å². The van der Waals surface area contributed by atoms with Crippen LogP contribution in [-0.4, -0.2) is 49.1 Å². The summed E-state index contributed by atoms with van der Waals surface area (Å²) in [7, 11) is 0. The van der Waals surface area contributed by atoms with Crippen LogP contribution in [0.4, 0.5) is 5.69 Å². The number of anilines is 1. The van der Waals surface area contributed by atoms with E-state index in [4.69, 9.17) is 18.0 Å². The van der Waals surface area contributed by atoms with Gasteiger partial charge in [0.15, 0.2) is 0 Å². The predicted octanol–water partition coefficient (Wildman–Crippen LogP) is 2.77. The Balaban J connectivity index is 1.85. The Bertz CT molecular complexity index is 599. The molecular weight excluding hydrogens is 322 g/mol. The van der Waals surface area contributed by atoms with E-state index in [1.807, 2.05) is 32.0 Å². The van der Waals surface area contributed by atoms with Crippen molar-refractivity contribution in [3.05, 3.63) is 29.3 Å². The molecule has 1 N–H and O–H groups in total. The highest BCUT2D eigenvalue weighted by molar-refractivity contribution is 6.30. The molecular formula is C19H26ClN3O. The fourth-order valence-electron chi connectivity index (χ4n) is 3.01. The molecule has 1 aromatic rings. The SMILES string of the molecule is C#CC(CC)(CC)NC(=O)CN1CCN(c2cccc(Cl)c2)CC1. The van der Waals surface area contributed by atoms with Crippen LogP contribution in [0.25, 0.3) is 0 Å². The lowest BCUT2D eigenvalue weighted by Crippen LogP contribution is -2.53. The number of nitrogens with one attached hydrogen (secondary N) is 1. The largest absolute Gasteiger partial charge is 0.369 e. The molecule has 1 amide bonds. The van der Waals surface area contributed by atoms with Gasteiger partial charge in [0.05, 0.1) is 6.54 Å². The van der Waals surface area contributed by atoms with E-state index in [2.05, 4.69) is 27.1 Å². The van der Waals surface area contributed by atoms with Crippen LogP contribution in [0.5, 0.6) is 0 Å². The first kappa shape index (κ1) is 18.6. The molecule has 5 heteroatoms. The molecule has 1 aliphatic rings. The second-order valence-electron chi connectivity index (χ2n) is 6.22. The third kappa shape index (κ3) is 4.66. The van der Waals surface area contributed by atoms with Crippen LogP contribution in [0.15, 0.2) is 24.3 Å². The summed E-state index contributed by atoms with van der Waals surface area (Å²) in [4.78, 5) is 16.8. The Morgan fingerprint density at radius 2 is 1.96 bits per heavy atom. The summed E-state index contributed by atoms with van der Waals surface area (Å²) >= 11 is 6.06. The van der Waals surface area contributed by atoms with Crippen LogP contribution in [-0.2, 0) is 4.79 Å². The Hall–Kier alpha value is -1.70. The number of hydrogen-bond donors (Lipinski definition) is 1. The summed E-state index contributed by atoms with van der Waals surface area (Å²) in [5.41, 5.74) is 0.620. The summed E-state index contributed by atoms with van der Waals surface area (Å²) in [6.07, 6.45) is 7.10. The van der Waals surface area contributed by atoms with Gasteiger partial charge in [-0.15, -0.1) is 6.42 Å². The molecule has 0 unspecified atom stereocenters. The van der Waals surface area contributed by atoms with Gasteiger partial charge in [0.2, 0.25) is 5.91 Å². The lowest BCUT2D eigenvalue weighted by atomic mass is 9.94. The van der Waals surface area contributed by atoms with Crippen molar-refractivity contribution in [2.75, 3.05) is 37.6 Å². The van der Waals surface area contributed by atoms with Gasteiger partial charge in [-0.05, 0) is 31.0 Å². The van der Waals surface area contributed by atoms with Crippen molar-refractivity contribution in [3.63, 3.8) is 0 Å². The van der Waals surface area contributed by atoms with E-state index in [0.29, 0.717) is 6.54 Å². The molecule has 2 rings (SSSR count). The Labute approximate surface area is 150 Å². The average Bonchev–Trinajstić information content (AvgIpc) is 2.60. The number of terminal acetylenes is 1. The summed E-state index contributed by atoms with van der Waals surface area (Å²) in [6, 6.07) is 7.89. The van der Waals surface area contributed by atoms with E-state index in [9.17, 15) is 4.79 Å². The maximum absolute atomic E-state index is 12.3. The van der Waals surface area contributed by atoms with Crippen LogP contribution in [0.2, 0.25) is 5.02 Å². The molecule has 1 fully saturated rings. The number of benzene rings is 1. The fourth-order valence-corrected chi connectivity index (χ4v) is 3.20. The summed E-state index contributed by atoms with van der Waals surface area (Å²) < 4.78 is 0. The van der Waals surface area contributed by atoms with E-state index >= 15 is 0 Å². The number of carbonyl (C=O) groups is 1. The molecule has 0 saturated carbocycles. The molecule has 0 bridgehead atoms. The second kappa shape index (κ2) is 8.41. The van der Waals surface area contributed by atoms with Crippen LogP contribution >= 0.6 is 11.6 Å². The molecule has 0 radical (unpaired) electrons. The van der Waals surface area contributed by atoms with Crippen LogP contribution in [0.3, 0.4) is 0 Å². The van der Waals surface area contributed by atoms with Gasteiger partial charge in [-0.1, -0.05) is 37.4 Å². The van der Waals surface area contributed by atoms with E-state index in [0.717, 1.165) is 49.7 Å². The van der Waals surface area contributed by atoms with Crippen LogP contribution in [0, 0.1) is 12.3 Å². The maximum atomic E-state index is 12.3. The first-order chi connectivity index (χ1) is 11.5. The van der Waals surface area contributed by atoms with E-state index in [-0.39, 0.29) is 5.91 Å². The van der Waals surface area contributed by atoms with Crippen molar-refractivity contribution >= 4 is 23.2 Å². The number of carbonyl (C=O) groups excluding carboxylic acids is 1. The number of hydrogen-bond acceptors (Lipinski definition) is 3. The molecule has 0 atom stereocenters. The third-order valence-corrected chi connectivity index (χ3v) is 5.01. The average molecular weight is 348 g/mol. The normalized spacial score (nSPS) is 15.8. The molecule has 1 aliphatic heterocycles. The van der Waals surface area contributed by atoms with Crippen molar-refractivity contribution in [2.24, 2.45) is 0 Å².